The van der Waals surface area contributed by atoms with Crippen molar-refractivity contribution in [2.75, 3.05) is 18.9 Å². The van der Waals surface area contributed by atoms with Crippen LogP contribution in [0.3, 0.4) is 0 Å². The average molecular weight is 285 g/mol. The topological polar surface area (TPSA) is 46.0 Å². The molecule has 0 spiro atoms. The van der Waals surface area contributed by atoms with E-state index < -0.39 is 0 Å². The van der Waals surface area contributed by atoms with Gasteiger partial charge in [0.05, 0.1) is 11.9 Å². The highest BCUT2D eigenvalue weighted by Gasteiger charge is 2.28. The van der Waals surface area contributed by atoms with Crippen LogP contribution in [0.25, 0.3) is 5.82 Å². The fraction of sp³-hybridized carbons (Fsp3) is 0.500. The molecule has 0 aliphatic carbocycles. The molecule has 1 N–H and O–H groups in total. The lowest BCUT2D eigenvalue weighted by Gasteiger charge is -2.40. The second kappa shape index (κ2) is 5.85. The number of likely N-dealkylation sites (tertiary alicyclic amines) is 1. The number of hydrogen-bond acceptors (Lipinski definition) is 4. The first kappa shape index (κ1) is 14.1. The number of pyridine rings is 1. The zero-order valence-electron chi connectivity index (χ0n) is 12.9. The molecule has 0 radical (unpaired) electrons. The normalized spacial score (nSPS) is 26.7. The third kappa shape index (κ3) is 3.08. The SMILES string of the molecule is CC1CN(C)C(C)CC1Nc1ccc(-n2ccnc2)nc1. The molecule has 3 unspecified atom stereocenters. The molecule has 1 aliphatic heterocycles. The fourth-order valence-corrected chi connectivity index (χ4v) is 2.98. The number of piperidine rings is 1. The molecule has 0 aromatic carbocycles. The summed E-state index contributed by atoms with van der Waals surface area (Å²) in [6.07, 6.45) is 8.49. The molecule has 1 saturated heterocycles. The Labute approximate surface area is 126 Å². The molecular weight excluding hydrogens is 262 g/mol. The van der Waals surface area contributed by atoms with Crippen molar-refractivity contribution in [1.82, 2.24) is 19.4 Å². The number of anilines is 1. The number of hydrogen-bond donors (Lipinski definition) is 1. The van der Waals surface area contributed by atoms with E-state index in [-0.39, 0.29) is 0 Å². The van der Waals surface area contributed by atoms with Crippen LogP contribution in [0.15, 0.2) is 37.1 Å². The summed E-state index contributed by atoms with van der Waals surface area (Å²) < 4.78 is 1.91. The molecule has 3 rings (SSSR count). The minimum Gasteiger partial charge on any atom is -0.381 e. The lowest BCUT2D eigenvalue weighted by atomic mass is 9.90. The van der Waals surface area contributed by atoms with Gasteiger partial charge in [0.2, 0.25) is 0 Å². The Balaban J connectivity index is 1.68. The molecule has 0 saturated carbocycles. The van der Waals surface area contributed by atoms with Crippen molar-refractivity contribution >= 4 is 5.69 Å². The molecule has 2 aromatic heterocycles. The van der Waals surface area contributed by atoms with Gasteiger partial charge in [-0.3, -0.25) is 4.57 Å². The van der Waals surface area contributed by atoms with Crippen molar-refractivity contribution in [2.24, 2.45) is 5.92 Å². The van der Waals surface area contributed by atoms with Gasteiger partial charge in [-0.25, -0.2) is 9.97 Å². The van der Waals surface area contributed by atoms with Gasteiger partial charge < -0.3 is 10.2 Å². The van der Waals surface area contributed by atoms with Crippen LogP contribution in [0, 0.1) is 5.92 Å². The monoisotopic (exact) mass is 285 g/mol. The minimum atomic E-state index is 0.511. The van der Waals surface area contributed by atoms with Gasteiger partial charge in [0.1, 0.15) is 12.1 Å². The average Bonchev–Trinajstić information content (AvgIpc) is 3.00. The first-order chi connectivity index (χ1) is 10.1. The van der Waals surface area contributed by atoms with Crippen molar-refractivity contribution in [3.05, 3.63) is 37.1 Å². The zero-order valence-corrected chi connectivity index (χ0v) is 12.9. The molecule has 2 aromatic rings. The number of nitrogens with one attached hydrogen (secondary N) is 1. The standard InChI is InChI=1S/C16H23N5/c1-12-10-20(3)13(2)8-15(12)19-14-4-5-16(18-9-14)21-7-6-17-11-21/h4-7,9,11-13,15,19H,8,10H2,1-3H3. The van der Waals surface area contributed by atoms with E-state index >= 15 is 0 Å². The van der Waals surface area contributed by atoms with Crippen LogP contribution in [-0.2, 0) is 0 Å². The zero-order chi connectivity index (χ0) is 14.8. The van der Waals surface area contributed by atoms with Gasteiger partial charge >= 0.3 is 0 Å². The third-order valence-electron chi connectivity index (χ3n) is 4.48. The van der Waals surface area contributed by atoms with E-state index in [4.69, 9.17) is 0 Å². The van der Waals surface area contributed by atoms with Gasteiger partial charge in [0, 0.05) is 31.0 Å². The van der Waals surface area contributed by atoms with E-state index in [9.17, 15) is 0 Å². The largest absolute Gasteiger partial charge is 0.381 e. The molecule has 3 heterocycles. The van der Waals surface area contributed by atoms with E-state index in [0.29, 0.717) is 18.0 Å². The third-order valence-corrected chi connectivity index (χ3v) is 4.48. The summed E-state index contributed by atoms with van der Waals surface area (Å²) in [5.41, 5.74) is 1.09. The molecule has 3 atom stereocenters. The van der Waals surface area contributed by atoms with Crippen molar-refractivity contribution in [2.45, 2.75) is 32.4 Å². The van der Waals surface area contributed by atoms with Crippen LogP contribution in [0.5, 0.6) is 0 Å². The molecule has 112 valence electrons. The summed E-state index contributed by atoms with van der Waals surface area (Å²) in [4.78, 5) is 11.0. The Kier molecular flexibility index (Phi) is 3.92. The molecular formula is C16H23N5. The molecule has 0 bridgehead atoms. The predicted molar refractivity (Wildman–Crippen MR) is 84.6 cm³/mol. The first-order valence-electron chi connectivity index (χ1n) is 7.54. The van der Waals surface area contributed by atoms with Gasteiger partial charge in [-0.15, -0.1) is 0 Å². The maximum absolute atomic E-state index is 4.50. The Morgan fingerprint density at radius 2 is 2.14 bits per heavy atom. The Hall–Kier alpha value is -1.88. The van der Waals surface area contributed by atoms with Crippen LogP contribution >= 0.6 is 0 Å². The van der Waals surface area contributed by atoms with Crippen LogP contribution < -0.4 is 5.32 Å². The van der Waals surface area contributed by atoms with Gasteiger partial charge in [-0.05, 0) is 38.4 Å². The Morgan fingerprint density at radius 3 is 2.81 bits per heavy atom. The smallest absolute Gasteiger partial charge is 0.137 e. The number of aromatic nitrogens is 3. The second-order valence-corrected chi connectivity index (χ2v) is 6.13. The van der Waals surface area contributed by atoms with E-state index in [1.54, 1.807) is 12.5 Å². The molecule has 0 amide bonds. The lowest BCUT2D eigenvalue weighted by Crippen LogP contribution is -2.48. The fourth-order valence-electron chi connectivity index (χ4n) is 2.98. The van der Waals surface area contributed by atoms with Crippen LogP contribution in [0.2, 0.25) is 0 Å². The summed E-state index contributed by atoms with van der Waals surface area (Å²) in [5.74, 6) is 1.53. The van der Waals surface area contributed by atoms with Crippen molar-refractivity contribution in [3.8, 4) is 5.82 Å². The lowest BCUT2D eigenvalue weighted by molar-refractivity contribution is 0.145. The Morgan fingerprint density at radius 1 is 1.29 bits per heavy atom. The molecule has 21 heavy (non-hydrogen) atoms. The predicted octanol–water partition coefficient (Wildman–Crippen LogP) is 2.41. The van der Waals surface area contributed by atoms with Crippen molar-refractivity contribution in [1.29, 1.82) is 0 Å². The second-order valence-electron chi connectivity index (χ2n) is 6.13. The van der Waals surface area contributed by atoms with E-state index in [1.165, 1.54) is 6.42 Å². The number of nitrogens with zero attached hydrogens (tertiary/aromatic N) is 4. The van der Waals surface area contributed by atoms with Gasteiger partial charge in [-0.2, -0.15) is 0 Å². The highest BCUT2D eigenvalue weighted by Crippen LogP contribution is 2.24. The van der Waals surface area contributed by atoms with Gasteiger partial charge in [0.15, 0.2) is 0 Å². The quantitative estimate of drug-likeness (QED) is 0.940. The summed E-state index contributed by atoms with van der Waals surface area (Å²) in [5, 5.41) is 3.64. The molecule has 5 nitrogen and oxygen atoms in total. The summed E-state index contributed by atoms with van der Waals surface area (Å²) in [7, 11) is 2.21. The highest BCUT2D eigenvalue weighted by atomic mass is 15.2. The molecule has 1 aliphatic rings. The van der Waals surface area contributed by atoms with E-state index in [0.717, 1.165) is 18.1 Å². The first-order valence-corrected chi connectivity index (χ1v) is 7.54. The van der Waals surface area contributed by atoms with Gasteiger partial charge in [-0.1, -0.05) is 6.92 Å². The van der Waals surface area contributed by atoms with E-state index in [1.807, 2.05) is 23.0 Å². The number of rotatable bonds is 3. The maximum atomic E-state index is 4.50. The summed E-state index contributed by atoms with van der Waals surface area (Å²) >= 11 is 0. The van der Waals surface area contributed by atoms with Gasteiger partial charge in [0.25, 0.3) is 0 Å². The van der Waals surface area contributed by atoms with Crippen molar-refractivity contribution in [3.63, 3.8) is 0 Å². The Bertz CT molecular complexity index is 563. The number of imidazole rings is 1. The van der Waals surface area contributed by atoms with Crippen molar-refractivity contribution < 1.29 is 0 Å². The van der Waals surface area contributed by atoms with Crippen LogP contribution in [-0.4, -0.2) is 45.1 Å². The highest BCUT2D eigenvalue weighted by molar-refractivity contribution is 5.44. The molecule has 5 heteroatoms. The summed E-state index contributed by atoms with van der Waals surface area (Å²) in [6.45, 7) is 5.74. The molecule has 1 fully saturated rings. The minimum absolute atomic E-state index is 0.511. The van der Waals surface area contributed by atoms with Crippen LogP contribution in [0.1, 0.15) is 20.3 Å². The maximum Gasteiger partial charge on any atom is 0.137 e. The van der Waals surface area contributed by atoms with Crippen LogP contribution in [0.4, 0.5) is 5.69 Å². The van der Waals surface area contributed by atoms with E-state index in [2.05, 4.69) is 47.1 Å². The summed E-state index contributed by atoms with van der Waals surface area (Å²) in [6, 6.07) is 5.25.